The van der Waals surface area contributed by atoms with Crippen molar-refractivity contribution in [3.8, 4) is 0 Å². The Bertz CT molecular complexity index is 485. The minimum Gasteiger partial charge on any atom is -0.308 e. The first-order valence-corrected chi connectivity index (χ1v) is 4.89. The third-order valence-corrected chi connectivity index (χ3v) is 2.11. The first kappa shape index (κ1) is 15.4. The normalized spacial score (nSPS) is 12.2. The smallest absolute Gasteiger partial charge is 0.308 e. The fourth-order valence-electron chi connectivity index (χ4n) is 1.11. The van der Waals surface area contributed by atoms with Crippen LogP contribution in [0.1, 0.15) is 5.56 Å². The summed E-state index contributed by atoms with van der Waals surface area (Å²) in [6.07, 6.45) is -9.77. The topological polar surface area (TPSA) is 41.1 Å². The van der Waals surface area contributed by atoms with E-state index in [0.29, 0.717) is 11.4 Å². The highest BCUT2D eigenvalue weighted by Gasteiger charge is 2.34. The third kappa shape index (κ3) is 4.86. The summed E-state index contributed by atoms with van der Waals surface area (Å²) in [5, 5.41) is 1.56. The molecule has 19 heavy (non-hydrogen) atoms. The van der Waals surface area contributed by atoms with E-state index >= 15 is 0 Å². The van der Waals surface area contributed by atoms with Crippen LogP contribution in [-0.4, -0.2) is 12.3 Å². The van der Waals surface area contributed by atoms with Crippen molar-refractivity contribution in [2.24, 2.45) is 0 Å². The fourth-order valence-corrected chi connectivity index (χ4v) is 1.34. The molecule has 0 fully saturated rings. The number of carbonyl (C=O) groups is 1. The molecular formula is C9H5ClF6N2O. The van der Waals surface area contributed by atoms with E-state index in [1.54, 1.807) is 5.32 Å². The maximum atomic E-state index is 12.4. The summed E-state index contributed by atoms with van der Waals surface area (Å²) in [5.74, 6) is 0. The van der Waals surface area contributed by atoms with Crippen LogP contribution in [-0.2, 0) is 6.18 Å². The lowest BCUT2D eigenvalue weighted by molar-refractivity contribution is -0.144. The Balaban J connectivity index is 2.89. The highest BCUT2D eigenvalue weighted by molar-refractivity contribution is 6.31. The number of alkyl halides is 6. The van der Waals surface area contributed by atoms with Crippen molar-refractivity contribution < 1.29 is 31.1 Å². The first-order chi connectivity index (χ1) is 8.49. The van der Waals surface area contributed by atoms with Crippen molar-refractivity contribution in [2.75, 3.05) is 5.32 Å². The lowest BCUT2D eigenvalue weighted by atomic mass is 10.2. The van der Waals surface area contributed by atoms with Gasteiger partial charge in [0.1, 0.15) is 0 Å². The Hall–Kier alpha value is -1.64. The minimum atomic E-state index is -4.98. The van der Waals surface area contributed by atoms with Crippen molar-refractivity contribution in [1.29, 1.82) is 0 Å². The standard InChI is InChI=1S/C9H5ClF6N2O/c10-6-2-1-4(3-5(6)8(11,12)13)17-7(19)18-9(14,15)16/h1-3H,(H2,17,18,19). The molecule has 0 heterocycles. The molecule has 0 aliphatic heterocycles. The van der Waals surface area contributed by atoms with Gasteiger partial charge >= 0.3 is 18.5 Å². The molecule has 1 aromatic carbocycles. The highest BCUT2D eigenvalue weighted by Crippen LogP contribution is 2.36. The molecule has 0 spiro atoms. The second-order valence-electron chi connectivity index (χ2n) is 3.27. The monoisotopic (exact) mass is 306 g/mol. The summed E-state index contributed by atoms with van der Waals surface area (Å²) < 4.78 is 72.6. The molecule has 0 saturated carbocycles. The van der Waals surface area contributed by atoms with Gasteiger partial charge in [0.2, 0.25) is 0 Å². The van der Waals surface area contributed by atoms with Crippen LogP contribution >= 0.6 is 11.6 Å². The molecule has 0 unspecified atom stereocenters. The Morgan fingerprint density at radius 3 is 2.16 bits per heavy atom. The first-order valence-electron chi connectivity index (χ1n) is 4.52. The molecule has 1 aromatic rings. The minimum absolute atomic E-state index is 0.429. The maximum Gasteiger partial charge on any atom is 0.485 e. The van der Waals surface area contributed by atoms with Gasteiger partial charge in [0.25, 0.3) is 0 Å². The molecular weight excluding hydrogens is 302 g/mol. The van der Waals surface area contributed by atoms with Crippen LogP contribution < -0.4 is 10.6 Å². The van der Waals surface area contributed by atoms with E-state index < -0.39 is 34.8 Å². The molecule has 0 atom stereocenters. The quantitative estimate of drug-likeness (QED) is 0.597. The van der Waals surface area contributed by atoms with Gasteiger partial charge in [-0.2, -0.15) is 26.3 Å². The third-order valence-electron chi connectivity index (χ3n) is 1.78. The van der Waals surface area contributed by atoms with Crippen LogP contribution in [0.4, 0.5) is 36.8 Å². The largest absolute Gasteiger partial charge is 0.485 e. The summed E-state index contributed by atoms with van der Waals surface area (Å²) >= 11 is 5.30. The molecule has 106 valence electrons. The Morgan fingerprint density at radius 1 is 1.11 bits per heavy atom. The molecule has 1 rings (SSSR count). The number of hydrogen-bond donors (Lipinski definition) is 2. The zero-order valence-electron chi connectivity index (χ0n) is 8.79. The van der Waals surface area contributed by atoms with Gasteiger partial charge in [-0.05, 0) is 18.2 Å². The molecule has 0 aliphatic carbocycles. The molecule has 0 saturated heterocycles. The Labute approximate surface area is 107 Å². The fraction of sp³-hybridized carbons (Fsp3) is 0.222. The summed E-state index contributed by atoms with van der Waals surface area (Å²) in [6, 6.07) is 0.474. The van der Waals surface area contributed by atoms with E-state index in [4.69, 9.17) is 11.6 Å². The van der Waals surface area contributed by atoms with Crippen LogP contribution in [0.5, 0.6) is 0 Å². The summed E-state index contributed by atoms with van der Waals surface area (Å²) in [7, 11) is 0. The van der Waals surface area contributed by atoms with Crippen molar-refractivity contribution in [3.05, 3.63) is 28.8 Å². The van der Waals surface area contributed by atoms with Crippen molar-refractivity contribution in [3.63, 3.8) is 0 Å². The summed E-state index contributed by atoms with van der Waals surface area (Å²) in [6.45, 7) is 0. The van der Waals surface area contributed by atoms with Gasteiger partial charge in [0.05, 0.1) is 10.6 Å². The molecule has 2 amide bonds. The van der Waals surface area contributed by atoms with E-state index in [0.717, 1.165) is 12.1 Å². The van der Waals surface area contributed by atoms with Crippen molar-refractivity contribution in [2.45, 2.75) is 12.5 Å². The van der Waals surface area contributed by atoms with E-state index in [1.807, 2.05) is 0 Å². The molecule has 2 N–H and O–H groups in total. The number of nitrogens with one attached hydrogen (secondary N) is 2. The number of rotatable bonds is 1. The number of halogens is 7. The van der Waals surface area contributed by atoms with Crippen LogP contribution in [0.3, 0.4) is 0 Å². The molecule has 10 heteroatoms. The van der Waals surface area contributed by atoms with Crippen LogP contribution in [0.15, 0.2) is 18.2 Å². The summed E-state index contributed by atoms with van der Waals surface area (Å²) in [4.78, 5) is 10.8. The van der Waals surface area contributed by atoms with Crippen molar-refractivity contribution >= 4 is 23.3 Å². The van der Waals surface area contributed by atoms with Crippen LogP contribution in [0.2, 0.25) is 5.02 Å². The van der Waals surface area contributed by atoms with Gasteiger partial charge in [-0.15, -0.1) is 0 Å². The zero-order valence-corrected chi connectivity index (χ0v) is 9.54. The number of benzene rings is 1. The van der Waals surface area contributed by atoms with Gasteiger partial charge in [0, 0.05) is 5.69 Å². The number of hydrogen-bond acceptors (Lipinski definition) is 1. The van der Waals surface area contributed by atoms with Gasteiger partial charge in [-0.1, -0.05) is 11.6 Å². The number of carbonyl (C=O) groups excluding carboxylic acids is 1. The summed E-state index contributed by atoms with van der Waals surface area (Å²) in [5.41, 5.74) is -1.74. The predicted molar refractivity (Wildman–Crippen MR) is 54.7 cm³/mol. The van der Waals surface area contributed by atoms with Gasteiger partial charge in [-0.3, -0.25) is 0 Å². The van der Waals surface area contributed by atoms with Gasteiger partial charge < -0.3 is 5.32 Å². The van der Waals surface area contributed by atoms with E-state index in [9.17, 15) is 31.1 Å². The van der Waals surface area contributed by atoms with Gasteiger partial charge in [-0.25, -0.2) is 10.1 Å². The van der Waals surface area contributed by atoms with E-state index in [1.165, 1.54) is 0 Å². The molecule has 0 radical (unpaired) electrons. The maximum absolute atomic E-state index is 12.4. The predicted octanol–water partition coefficient (Wildman–Crippen LogP) is 4.00. The lowest BCUT2D eigenvalue weighted by Gasteiger charge is -2.13. The molecule has 0 bridgehead atoms. The highest BCUT2D eigenvalue weighted by atomic mass is 35.5. The van der Waals surface area contributed by atoms with Crippen LogP contribution in [0, 0.1) is 0 Å². The zero-order chi connectivity index (χ0) is 14.8. The molecule has 0 aliphatic rings. The molecule has 0 aromatic heterocycles. The lowest BCUT2D eigenvalue weighted by Crippen LogP contribution is -2.40. The molecule has 3 nitrogen and oxygen atoms in total. The number of urea groups is 1. The average molecular weight is 307 g/mol. The number of anilines is 1. The second-order valence-corrected chi connectivity index (χ2v) is 3.68. The van der Waals surface area contributed by atoms with E-state index in [-0.39, 0.29) is 0 Å². The average Bonchev–Trinajstić information content (AvgIpc) is 2.16. The number of amides is 2. The SMILES string of the molecule is O=C(Nc1ccc(Cl)c(C(F)(F)F)c1)NC(F)(F)F. The van der Waals surface area contributed by atoms with E-state index in [2.05, 4.69) is 0 Å². The van der Waals surface area contributed by atoms with Gasteiger partial charge in [0.15, 0.2) is 0 Å². The van der Waals surface area contributed by atoms with Crippen LogP contribution in [0.25, 0.3) is 0 Å². The Kier molecular flexibility index (Phi) is 4.18. The second kappa shape index (κ2) is 5.16. The Morgan fingerprint density at radius 2 is 1.68 bits per heavy atom. The van der Waals surface area contributed by atoms with Crippen molar-refractivity contribution in [1.82, 2.24) is 5.32 Å².